The number of benzene rings is 2. The second kappa shape index (κ2) is 7.46. The maximum Gasteiger partial charge on any atom is 0.139 e. The van der Waals surface area contributed by atoms with Crippen LogP contribution in [0.1, 0.15) is 44.7 Å². The summed E-state index contributed by atoms with van der Waals surface area (Å²) in [6.07, 6.45) is 2.69. The van der Waals surface area contributed by atoms with E-state index < -0.39 is 0 Å². The Balaban J connectivity index is 2.10. The largest absolute Gasteiger partial charge is 0.325 e. The number of likely N-dealkylation sites (tertiary alicyclic amines) is 1. The Labute approximate surface area is 153 Å². The van der Waals surface area contributed by atoms with Gasteiger partial charge in [0.1, 0.15) is 6.54 Å². The van der Waals surface area contributed by atoms with Crippen LogP contribution >= 0.6 is 0 Å². The quantitative estimate of drug-likeness (QED) is 0.818. The first-order valence-corrected chi connectivity index (χ1v) is 9.49. The molecule has 0 amide bonds. The van der Waals surface area contributed by atoms with Gasteiger partial charge in [-0.1, -0.05) is 87.4 Å². The minimum Gasteiger partial charge on any atom is -0.325 e. The van der Waals surface area contributed by atoms with Gasteiger partial charge in [0.25, 0.3) is 0 Å². The number of nitrogens with one attached hydrogen (secondary N) is 1. The zero-order valence-electron chi connectivity index (χ0n) is 15.8. The van der Waals surface area contributed by atoms with E-state index in [2.05, 4.69) is 93.3 Å². The van der Waals surface area contributed by atoms with Gasteiger partial charge in [-0.15, -0.1) is 0 Å². The van der Waals surface area contributed by atoms with Crippen molar-refractivity contribution < 1.29 is 4.90 Å². The van der Waals surface area contributed by atoms with Crippen LogP contribution in [0.4, 0.5) is 0 Å². The molecular formula is C24H30N+. The van der Waals surface area contributed by atoms with Gasteiger partial charge in [0.15, 0.2) is 0 Å². The molecule has 2 aromatic carbocycles. The number of hydrogen-bond donors (Lipinski definition) is 1. The Morgan fingerprint density at radius 3 is 1.72 bits per heavy atom. The van der Waals surface area contributed by atoms with Crippen LogP contribution in [0.2, 0.25) is 0 Å². The zero-order chi connectivity index (χ0) is 17.8. The molecule has 0 saturated carbocycles. The maximum absolute atomic E-state index is 3.76. The van der Waals surface area contributed by atoms with Crippen molar-refractivity contribution in [3.05, 3.63) is 71.8 Å². The predicted octanol–water partition coefficient (Wildman–Crippen LogP) is 3.70. The minimum absolute atomic E-state index is 0.0109. The normalized spacial score (nSPS) is 15.6. The van der Waals surface area contributed by atoms with Crippen LogP contribution in [0.25, 0.3) is 0 Å². The lowest BCUT2D eigenvalue weighted by Crippen LogP contribution is -3.09. The van der Waals surface area contributed by atoms with E-state index in [-0.39, 0.29) is 10.8 Å². The average Bonchev–Trinajstić information content (AvgIpc) is 3.13. The second-order valence-electron chi connectivity index (χ2n) is 8.17. The van der Waals surface area contributed by atoms with Gasteiger partial charge in [-0.25, -0.2) is 0 Å². The molecule has 1 N–H and O–H groups in total. The van der Waals surface area contributed by atoms with Crippen LogP contribution in [0.3, 0.4) is 0 Å². The van der Waals surface area contributed by atoms with Gasteiger partial charge in [-0.05, 0) is 22.5 Å². The molecule has 1 heteroatoms. The van der Waals surface area contributed by atoms with E-state index in [1.807, 2.05) is 0 Å². The van der Waals surface area contributed by atoms with Crippen molar-refractivity contribution in [1.29, 1.82) is 0 Å². The molecule has 0 bridgehead atoms. The third-order valence-corrected chi connectivity index (χ3v) is 5.46. The summed E-state index contributed by atoms with van der Waals surface area (Å²) in [6, 6.07) is 21.6. The molecule has 0 spiro atoms. The predicted molar refractivity (Wildman–Crippen MR) is 106 cm³/mol. The molecule has 0 aromatic heterocycles. The van der Waals surface area contributed by atoms with Gasteiger partial charge in [-0.2, -0.15) is 0 Å². The van der Waals surface area contributed by atoms with Gasteiger partial charge in [0.2, 0.25) is 0 Å². The Kier molecular flexibility index (Phi) is 5.30. The molecule has 0 atom stereocenters. The first-order valence-electron chi connectivity index (χ1n) is 9.49. The van der Waals surface area contributed by atoms with Crippen molar-refractivity contribution in [2.75, 3.05) is 19.6 Å². The summed E-state index contributed by atoms with van der Waals surface area (Å²) in [7, 11) is 0. The minimum atomic E-state index is -0.297. The van der Waals surface area contributed by atoms with E-state index in [9.17, 15) is 0 Å². The summed E-state index contributed by atoms with van der Waals surface area (Å²) < 4.78 is 0. The molecule has 0 unspecified atom stereocenters. The van der Waals surface area contributed by atoms with E-state index in [4.69, 9.17) is 0 Å². The lowest BCUT2D eigenvalue weighted by molar-refractivity contribution is -0.879. The summed E-state index contributed by atoms with van der Waals surface area (Å²) in [5.41, 5.74) is 2.27. The van der Waals surface area contributed by atoms with Gasteiger partial charge in [-0.3, -0.25) is 0 Å². The van der Waals surface area contributed by atoms with E-state index in [0.717, 1.165) is 6.54 Å². The molecule has 1 saturated heterocycles. The van der Waals surface area contributed by atoms with Crippen molar-refractivity contribution in [1.82, 2.24) is 0 Å². The number of hydrogen-bond acceptors (Lipinski definition) is 0. The third kappa shape index (κ3) is 3.65. The molecule has 1 aliphatic rings. The molecule has 25 heavy (non-hydrogen) atoms. The Morgan fingerprint density at radius 2 is 1.28 bits per heavy atom. The van der Waals surface area contributed by atoms with Crippen LogP contribution in [0.15, 0.2) is 60.7 Å². The fourth-order valence-corrected chi connectivity index (χ4v) is 4.09. The van der Waals surface area contributed by atoms with Crippen molar-refractivity contribution in [2.45, 2.75) is 39.0 Å². The molecular weight excluding hydrogens is 302 g/mol. The third-order valence-electron chi connectivity index (χ3n) is 5.46. The molecule has 1 nitrogen and oxygen atoms in total. The Hall–Kier alpha value is -2.04. The average molecular weight is 333 g/mol. The van der Waals surface area contributed by atoms with E-state index >= 15 is 0 Å². The van der Waals surface area contributed by atoms with Crippen molar-refractivity contribution in [3.63, 3.8) is 0 Å². The Bertz CT molecular complexity index is 683. The summed E-state index contributed by atoms with van der Waals surface area (Å²) in [5, 5.41) is 0. The first-order chi connectivity index (χ1) is 12.0. The highest BCUT2D eigenvalue weighted by molar-refractivity contribution is 5.50. The topological polar surface area (TPSA) is 4.44 Å². The van der Waals surface area contributed by atoms with Crippen molar-refractivity contribution in [2.24, 2.45) is 5.41 Å². The van der Waals surface area contributed by atoms with Crippen molar-refractivity contribution >= 4 is 0 Å². The molecule has 3 rings (SSSR count). The van der Waals surface area contributed by atoms with E-state index in [0.29, 0.717) is 0 Å². The van der Waals surface area contributed by atoms with E-state index in [1.165, 1.54) is 37.1 Å². The molecule has 2 aromatic rings. The smallest absolute Gasteiger partial charge is 0.139 e. The van der Waals surface area contributed by atoms with Crippen molar-refractivity contribution in [3.8, 4) is 11.8 Å². The standard InChI is InChI=1S/C24H29N/c1-23(2,3)24(21-13-6-4-7-14-21,22-15-8-5-9-16-22)17-12-20-25-18-10-11-19-25/h4-9,13-16H,10-11,18-20H2,1-3H3/p+1. The second-order valence-corrected chi connectivity index (χ2v) is 8.17. The van der Waals surface area contributed by atoms with Crippen LogP contribution in [-0.2, 0) is 5.41 Å². The number of rotatable bonds is 3. The van der Waals surface area contributed by atoms with Gasteiger partial charge < -0.3 is 4.90 Å². The maximum atomic E-state index is 3.76. The zero-order valence-corrected chi connectivity index (χ0v) is 15.8. The first kappa shape index (κ1) is 17.8. The molecule has 1 aliphatic heterocycles. The summed E-state index contributed by atoms with van der Waals surface area (Å²) in [5.74, 6) is 7.35. The fraction of sp³-hybridized carbons (Fsp3) is 0.417. The van der Waals surface area contributed by atoms with E-state index in [1.54, 1.807) is 4.90 Å². The summed E-state index contributed by atoms with van der Waals surface area (Å²) in [6.45, 7) is 10.4. The van der Waals surface area contributed by atoms with Crippen LogP contribution in [-0.4, -0.2) is 19.6 Å². The monoisotopic (exact) mass is 332 g/mol. The molecule has 1 fully saturated rings. The molecule has 130 valence electrons. The lowest BCUT2D eigenvalue weighted by Gasteiger charge is -2.42. The Morgan fingerprint density at radius 1 is 0.800 bits per heavy atom. The lowest BCUT2D eigenvalue weighted by atomic mass is 9.59. The van der Waals surface area contributed by atoms with Crippen LogP contribution in [0, 0.1) is 17.3 Å². The highest BCUT2D eigenvalue weighted by atomic mass is 15.1. The molecule has 1 heterocycles. The van der Waals surface area contributed by atoms with Gasteiger partial charge in [0, 0.05) is 12.8 Å². The fourth-order valence-electron chi connectivity index (χ4n) is 4.09. The van der Waals surface area contributed by atoms with Crippen LogP contribution in [0.5, 0.6) is 0 Å². The SMILES string of the molecule is CC(C)(C)C(C#CC[NH+]1CCCC1)(c1ccccc1)c1ccccc1. The summed E-state index contributed by atoms with van der Waals surface area (Å²) >= 11 is 0. The van der Waals surface area contributed by atoms with Gasteiger partial charge >= 0.3 is 0 Å². The molecule has 0 radical (unpaired) electrons. The van der Waals surface area contributed by atoms with Crippen LogP contribution < -0.4 is 4.90 Å². The number of quaternary nitrogens is 1. The highest BCUT2D eigenvalue weighted by Crippen LogP contribution is 2.46. The summed E-state index contributed by atoms with van der Waals surface area (Å²) in [4.78, 5) is 1.64. The molecule has 0 aliphatic carbocycles. The van der Waals surface area contributed by atoms with Gasteiger partial charge in [0.05, 0.1) is 18.5 Å². The highest BCUT2D eigenvalue weighted by Gasteiger charge is 2.43.